The van der Waals surface area contributed by atoms with Crippen molar-refractivity contribution in [2.45, 2.75) is 19.0 Å². The largest absolute Gasteiger partial charge is 0.398 e. The van der Waals surface area contributed by atoms with Crippen LogP contribution < -0.4 is 16.4 Å². The second-order valence-electron chi connectivity index (χ2n) is 3.89. The van der Waals surface area contributed by atoms with E-state index in [9.17, 15) is 14.0 Å². The van der Waals surface area contributed by atoms with Crippen LogP contribution in [-0.2, 0) is 16.1 Å². The lowest BCUT2D eigenvalue weighted by Crippen LogP contribution is -2.35. The van der Waals surface area contributed by atoms with Gasteiger partial charge in [0.25, 0.3) is 0 Å². The monoisotopic (exact) mass is 237 g/mol. The van der Waals surface area contributed by atoms with Gasteiger partial charge < -0.3 is 11.1 Å². The van der Waals surface area contributed by atoms with Crippen LogP contribution in [0, 0.1) is 5.82 Å². The number of rotatable bonds is 3. The van der Waals surface area contributed by atoms with E-state index in [4.69, 9.17) is 5.73 Å². The summed E-state index contributed by atoms with van der Waals surface area (Å²) in [4.78, 5) is 22.2. The molecule has 1 heterocycles. The average Bonchev–Trinajstić information content (AvgIpc) is 2.56. The van der Waals surface area contributed by atoms with E-state index in [0.717, 1.165) is 0 Å². The van der Waals surface area contributed by atoms with Crippen LogP contribution in [0.15, 0.2) is 18.2 Å². The maximum atomic E-state index is 12.8. The molecule has 0 aliphatic carbocycles. The smallest absolute Gasteiger partial charge is 0.244 e. The highest BCUT2D eigenvalue weighted by atomic mass is 19.1. The molecule has 0 aromatic heterocycles. The summed E-state index contributed by atoms with van der Waals surface area (Å²) in [6.07, 6.45) is 0.125. The number of carbonyl (C=O) groups is 2. The van der Waals surface area contributed by atoms with Gasteiger partial charge >= 0.3 is 0 Å². The van der Waals surface area contributed by atoms with Crippen molar-refractivity contribution >= 4 is 17.5 Å². The molecule has 0 bridgehead atoms. The predicted octanol–water partition coefficient (Wildman–Crippen LogP) is -0.0874. The van der Waals surface area contributed by atoms with Crippen molar-refractivity contribution in [2.75, 3.05) is 5.73 Å². The lowest BCUT2D eigenvalue weighted by atomic mass is 10.1. The fourth-order valence-corrected chi connectivity index (χ4v) is 1.68. The lowest BCUT2D eigenvalue weighted by molar-refractivity contribution is -0.125. The number of carbonyl (C=O) groups excluding carboxylic acids is 2. The summed E-state index contributed by atoms with van der Waals surface area (Å²) in [5.74, 6) is -1.03. The fourth-order valence-electron chi connectivity index (χ4n) is 1.68. The molecule has 1 fully saturated rings. The van der Waals surface area contributed by atoms with Crippen LogP contribution >= 0.6 is 0 Å². The second kappa shape index (κ2) is 4.50. The first-order valence-electron chi connectivity index (χ1n) is 5.17. The van der Waals surface area contributed by atoms with Crippen LogP contribution in [0.3, 0.4) is 0 Å². The lowest BCUT2D eigenvalue weighted by Gasteiger charge is -2.10. The SMILES string of the molecule is Nc1cc(F)ccc1CNC1CC(=O)NC1=O. The standard InChI is InChI=1S/C11H12FN3O2/c12-7-2-1-6(8(13)3-7)5-14-9-4-10(16)15-11(9)17/h1-3,9,14H,4-5,13H2,(H,15,16,17). The fraction of sp³-hybridized carbons (Fsp3) is 0.273. The Morgan fingerprint density at radius 2 is 2.24 bits per heavy atom. The normalized spacial score (nSPS) is 19.5. The van der Waals surface area contributed by atoms with Gasteiger partial charge in [-0.3, -0.25) is 14.9 Å². The quantitative estimate of drug-likeness (QED) is 0.507. The van der Waals surface area contributed by atoms with Crippen LogP contribution in [-0.4, -0.2) is 17.9 Å². The van der Waals surface area contributed by atoms with Gasteiger partial charge in [0.05, 0.1) is 12.5 Å². The molecular weight excluding hydrogens is 225 g/mol. The van der Waals surface area contributed by atoms with Gasteiger partial charge in [-0.15, -0.1) is 0 Å². The number of imide groups is 1. The summed E-state index contributed by atoms with van der Waals surface area (Å²) in [5, 5.41) is 5.10. The van der Waals surface area contributed by atoms with E-state index in [1.165, 1.54) is 12.1 Å². The Bertz CT molecular complexity index is 476. The summed E-state index contributed by atoms with van der Waals surface area (Å²) >= 11 is 0. The number of anilines is 1. The Kier molecular flexibility index (Phi) is 3.06. The van der Waals surface area contributed by atoms with Crippen LogP contribution in [0.1, 0.15) is 12.0 Å². The maximum Gasteiger partial charge on any atom is 0.244 e. The van der Waals surface area contributed by atoms with Crippen LogP contribution in [0.5, 0.6) is 0 Å². The molecule has 2 rings (SSSR count). The van der Waals surface area contributed by atoms with Crippen molar-refractivity contribution in [3.63, 3.8) is 0 Å². The number of benzene rings is 1. The van der Waals surface area contributed by atoms with Crippen molar-refractivity contribution in [2.24, 2.45) is 0 Å². The molecule has 4 N–H and O–H groups in total. The van der Waals surface area contributed by atoms with E-state index in [-0.39, 0.29) is 18.2 Å². The van der Waals surface area contributed by atoms with Gasteiger partial charge in [0.2, 0.25) is 11.8 Å². The summed E-state index contributed by atoms with van der Waals surface area (Å²) in [6.45, 7) is 0.317. The van der Waals surface area contributed by atoms with E-state index in [0.29, 0.717) is 17.8 Å². The molecule has 0 radical (unpaired) electrons. The maximum absolute atomic E-state index is 12.8. The topological polar surface area (TPSA) is 84.2 Å². The predicted molar refractivity (Wildman–Crippen MR) is 59.2 cm³/mol. The number of hydrogen-bond donors (Lipinski definition) is 3. The Labute approximate surface area is 97.2 Å². The molecule has 1 aliphatic heterocycles. The van der Waals surface area contributed by atoms with E-state index in [2.05, 4.69) is 10.6 Å². The highest BCUT2D eigenvalue weighted by Crippen LogP contribution is 2.14. The van der Waals surface area contributed by atoms with E-state index in [1.807, 2.05) is 0 Å². The third-order valence-corrected chi connectivity index (χ3v) is 2.62. The zero-order valence-electron chi connectivity index (χ0n) is 9.00. The van der Waals surface area contributed by atoms with E-state index >= 15 is 0 Å². The molecule has 1 atom stereocenters. The summed E-state index contributed by atoms with van der Waals surface area (Å²) in [5.41, 5.74) is 6.64. The molecule has 5 nitrogen and oxygen atoms in total. The highest BCUT2D eigenvalue weighted by Gasteiger charge is 2.29. The minimum absolute atomic E-state index is 0.125. The van der Waals surface area contributed by atoms with Crippen molar-refractivity contribution in [3.8, 4) is 0 Å². The molecule has 6 heteroatoms. The molecule has 90 valence electrons. The van der Waals surface area contributed by atoms with Gasteiger partial charge in [-0.05, 0) is 17.7 Å². The van der Waals surface area contributed by atoms with E-state index < -0.39 is 11.9 Å². The number of amides is 2. The molecule has 1 saturated heterocycles. The molecule has 1 aromatic carbocycles. The molecule has 17 heavy (non-hydrogen) atoms. The van der Waals surface area contributed by atoms with Crippen molar-refractivity contribution < 1.29 is 14.0 Å². The first kappa shape index (κ1) is 11.5. The molecule has 1 unspecified atom stereocenters. The zero-order valence-corrected chi connectivity index (χ0v) is 9.00. The number of nitrogen functional groups attached to an aromatic ring is 1. The van der Waals surface area contributed by atoms with Crippen molar-refractivity contribution in [1.82, 2.24) is 10.6 Å². The third-order valence-electron chi connectivity index (χ3n) is 2.62. The first-order chi connectivity index (χ1) is 8.06. The summed E-state index contributed by atoms with van der Waals surface area (Å²) in [6, 6.07) is 3.53. The van der Waals surface area contributed by atoms with Crippen molar-refractivity contribution in [3.05, 3.63) is 29.6 Å². The number of nitrogens with two attached hydrogens (primary N) is 1. The first-order valence-corrected chi connectivity index (χ1v) is 5.17. The van der Waals surface area contributed by atoms with Crippen LogP contribution in [0.4, 0.5) is 10.1 Å². The highest BCUT2D eigenvalue weighted by molar-refractivity contribution is 6.05. The number of nitrogens with one attached hydrogen (secondary N) is 2. The van der Waals surface area contributed by atoms with Gasteiger partial charge in [0, 0.05) is 12.2 Å². The Balaban J connectivity index is 1.98. The third kappa shape index (κ3) is 2.59. The summed E-state index contributed by atoms with van der Waals surface area (Å²) < 4.78 is 12.8. The zero-order chi connectivity index (χ0) is 12.4. The van der Waals surface area contributed by atoms with Crippen molar-refractivity contribution in [1.29, 1.82) is 0 Å². The van der Waals surface area contributed by atoms with Gasteiger partial charge in [-0.1, -0.05) is 6.07 Å². The minimum atomic E-state index is -0.535. The van der Waals surface area contributed by atoms with Gasteiger partial charge in [-0.2, -0.15) is 0 Å². The molecule has 1 aromatic rings. The van der Waals surface area contributed by atoms with Crippen LogP contribution in [0.25, 0.3) is 0 Å². The molecule has 1 aliphatic rings. The Morgan fingerprint density at radius 3 is 2.82 bits per heavy atom. The van der Waals surface area contributed by atoms with Gasteiger partial charge in [0.15, 0.2) is 0 Å². The molecule has 2 amide bonds. The van der Waals surface area contributed by atoms with Gasteiger partial charge in [0.1, 0.15) is 5.82 Å². The second-order valence-corrected chi connectivity index (χ2v) is 3.89. The number of halogens is 1. The average molecular weight is 237 g/mol. The summed E-state index contributed by atoms with van der Waals surface area (Å²) in [7, 11) is 0. The molecule has 0 spiro atoms. The Hall–Kier alpha value is -1.95. The van der Waals surface area contributed by atoms with Crippen LogP contribution in [0.2, 0.25) is 0 Å². The van der Waals surface area contributed by atoms with E-state index in [1.54, 1.807) is 6.07 Å². The van der Waals surface area contributed by atoms with Gasteiger partial charge in [-0.25, -0.2) is 4.39 Å². The number of hydrogen-bond acceptors (Lipinski definition) is 4. The minimum Gasteiger partial charge on any atom is -0.398 e. The molecular formula is C11H12FN3O2. The Morgan fingerprint density at radius 1 is 1.47 bits per heavy atom. The molecule has 0 saturated carbocycles.